The van der Waals surface area contributed by atoms with Crippen LogP contribution in [0.5, 0.6) is 0 Å². The molecule has 0 aliphatic heterocycles. The zero-order valence-corrected chi connectivity index (χ0v) is 13.1. The molecule has 0 aromatic carbocycles. The maximum Gasteiger partial charge on any atom is 0.257 e. The van der Waals surface area contributed by atoms with E-state index in [0.717, 1.165) is 23.5 Å². The van der Waals surface area contributed by atoms with Crippen molar-refractivity contribution in [1.29, 1.82) is 0 Å². The average Bonchev–Trinajstić information content (AvgIpc) is 3.08. The van der Waals surface area contributed by atoms with E-state index in [-0.39, 0.29) is 11.9 Å². The molecule has 108 valence electrons. The average molecular weight is 292 g/mol. The van der Waals surface area contributed by atoms with Crippen LogP contribution < -0.4 is 0 Å². The molecule has 0 radical (unpaired) electrons. The molecular formula is C14H20N4OS. The highest BCUT2D eigenvalue weighted by Crippen LogP contribution is 2.24. The quantitative estimate of drug-likeness (QED) is 0.851. The predicted molar refractivity (Wildman–Crippen MR) is 79.9 cm³/mol. The van der Waals surface area contributed by atoms with E-state index < -0.39 is 0 Å². The number of hydrogen-bond donors (Lipinski definition) is 0. The Bertz CT molecular complexity index is 576. The van der Waals surface area contributed by atoms with Crippen LogP contribution in [0.4, 0.5) is 0 Å². The first-order chi connectivity index (χ1) is 9.56. The summed E-state index contributed by atoms with van der Waals surface area (Å²) in [5.74, 6) is 0.00533. The maximum absolute atomic E-state index is 12.6. The number of thiazole rings is 1. The van der Waals surface area contributed by atoms with E-state index in [0.29, 0.717) is 5.56 Å². The third-order valence-electron chi connectivity index (χ3n) is 3.53. The Kier molecular flexibility index (Phi) is 4.54. The van der Waals surface area contributed by atoms with E-state index in [1.165, 1.54) is 0 Å². The van der Waals surface area contributed by atoms with Crippen molar-refractivity contribution in [3.05, 3.63) is 34.0 Å². The van der Waals surface area contributed by atoms with Gasteiger partial charge in [0.2, 0.25) is 0 Å². The lowest BCUT2D eigenvalue weighted by atomic mass is 10.2. The zero-order chi connectivity index (χ0) is 14.7. The van der Waals surface area contributed by atoms with Crippen molar-refractivity contribution in [3.8, 4) is 0 Å². The SMILES string of the molecule is CCCn1ncc(C(=O)N(C)[C@@H](C)c2cncs2)c1C. The molecule has 0 bridgehead atoms. The first kappa shape index (κ1) is 14.7. The normalized spacial score (nSPS) is 12.4. The van der Waals surface area contributed by atoms with Crippen LogP contribution in [0, 0.1) is 6.92 Å². The largest absolute Gasteiger partial charge is 0.334 e. The van der Waals surface area contributed by atoms with Gasteiger partial charge in [-0.1, -0.05) is 6.92 Å². The number of aryl methyl sites for hydroxylation is 1. The van der Waals surface area contributed by atoms with Crippen molar-refractivity contribution in [2.75, 3.05) is 7.05 Å². The van der Waals surface area contributed by atoms with Crippen molar-refractivity contribution in [1.82, 2.24) is 19.7 Å². The lowest BCUT2D eigenvalue weighted by molar-refractivity contribution is 0.0744. The molecule has 1 amide bonds. The number of carbonyl (C=O) groups excluding carboxylic acids is 1. The maximum atomic E-state index is 12.6. The molecule has 2 aromatic heterocycles. The molecule has 6 heteroatoms. The van der Waals surface area contributed by atoms with E-state index in [2.05, 4.69) is 17.0 Å². The number of nitrogens with zero attached hydrogens (tertiary/aromatic N) is 4. The summed E-state index contributed by atoms with van der Waals surface area (Å²) >= 11 is 1.56. The summed E-state index contributed by atoms with van der Waals surface area (Å²) in [6, 6.07) is 0.0175. The van der Waals surface area contributed by atoms with Crippen molar-refractivity contribution in [3.63, 3.8) is 0 Å². The zero-order valence-electron chi connectivity index (χ0n) is 12.3. The Morgan fingerprint density at radius 1 is 1.50 bits per heavy atom. The molecule has 0 aliphatic rings. The highest BCUT2D eigenvalue weighted by atomic mass is 32.1. The Labute approximate surface area is 123 Å². The number of carbonyl (C=O) groups is 1. The summed E-state index contributed by atoms with van der Waals surface area (Å²) < 4.78 is 1.89. The van der Waals surface area contributed by atoms with Gasteiger partial charge in [0.25, 0.3) is 5.91 Å². The Morgan fingerprint density at radius 2 is 2.25 bits per heavy atom. The van der Waals surface area contributed by atoms with Gasteiger partial charge in [0.15, 0.2) is 0 Å². The summed E-state index contributed by atoms with van der Waals surface area (Å²) in [6.45, 7) is 6.89. The molecule has 0 fully saturated rings. The van der Waals surface area contributed by atoms with Crippen LogP contribution in [-0.2, 0) is 6.54 Å². The van der Waals surface area contributed by atoms with Gasteiger partial charge in [-0.2, -0.15) is 5.10 Å². The van der Waals surface area contributed by atoms with E-state index >= 15 is 0 Å². The molecule has 0 N–H and O–H groups in total. The van der Waals surface area contributed by atoms with Crippen LogP contribution in [0.2, 0.25) is 0 Å². The molecule has 1 atom stereocenters. The fraction of sp³-hybridized carbons (Fsp3) is 0.500. The van der Waals surface area contributed by atoms with Crippen molar-refractivity contribution in [2.45, 2.75) is 39.8 Å². The second-order valence-corrected chi connectivity index (χ2v) is 5.78. The van der Waals surface area contributed by atoms with Crippen LogP contribution in [-0.4, -0.2) is 32.6 Å². The fourth-order valence-corrected chi connectivity index (χ4v) is 2.80. The van der Waals surface area contributed by atoms with E-state index in [4.69, 9.17) is 0 Å². The summed E-state index contributed by atoms with van der Waals surface area (Å²) in [6.07, 6.45) is 4.49. The minimum Gasteiger partial charge on any atom is -0.334 e. The minimum absolute atomic E-state index is 0.00533. The van der Waals surface area contributed by atoms with Crippen LogP contribution >= 0.6 is 11.3 Å². The monoisotopic (exact) mass is 292 g/mol. The second-order valence-electron chi connectivity index (χ2n) is 4.86. The summed E-state index contributed by atoms with van der Waals surface area (Å²) in [7, 11) is 1.82. The smallest absolute Gasteiger partial charge is 0.257 e. The fourth-order valence-electron chi connectivity index (χ4n) is 2.08. The van der Waals surface area contributed by atoms with Crippen LogP contribution in [0.15, 0.2) is 17.9 Å². The topological polar surface area (TPSA) is 51.0 Å². The molecule has 20 heavy (non-hydrogen) atoms. The minimum atomic E-state index is 0.00533. The van der Waals surface area contributed by atoms with Gasteiger partial charge in [0, 0.05) is 30.4 Å². The van der Waals surface area contributed by atoms with Crippen molar-refractivity contribution < 1.29 is 4.79 Å². The third-order valence-corrected chi connectivity index (χ3v) is 4.48. The van der Waals surface area contributed by atoms with E-state index in [1.807, 2.05) is 31.8 Å². The van der Waals surface area contributed by atoms with Gasteiger partial charge in [0.1, 0.15) is 0 Å². The molecule has 0 unspecified atom stereocenters. The van der Waals surface area contributed by atoms with Gasteiger partial charge in [-0.3, -0.25) is 14.5 Å². The van der Waals surface area contributed by atoms with E-state index in [9.17, 15) is 4.79 Å². The van der Waals surface area contributed by atoms with Crippen molar-refractivity contribution in [2.24, 2.45) is 0 Å². The summed E-state index contributed by atoms with van der Waals surface area (Å²) in [5, 5.41) is 4.29. The van der Waals surface area contributed by atoms with Crippen LogP contribution in [0.3, 0.4) is 0 Å². The number of hydrogen-bond acceptors (Lipinski definition) is 4. The third kappa shape index (κ3) is 2.75. The van der Waals surface area contributed by atoms with Crippen molar-refractivity contribution >= 4 is 17.2 Å². The predicted octanol–water partition coefficient (Wildman–Crippen LogP) is 2.89. The lowest BCUT2D eigenvalue weighted by Gasteiger charge is -2.23. The number of aromatic nitrogens is 3. The number of rotatable bonds is 5. The molecule has 0 spiro atoms. The lowest BCUT2D eigenvalue weighted by Crippen LogP contribution is -2.29. The van der Waals surface area contributed by atoms with Gasteiger partial charge in [-0.25, -0.2) is 0 Å². The second kappa shape index (κ2) is 6.17. The molecule has 2 rings (SSSR count). The highest BCUT2D eigenvalue weighted by molar-refractivity contribution is 7.09. The summed E-state index contributed by atoms with van der Waals surface area (Å²) in [4.78, 5) is 19.5. The Hall–Kier alpha value is -1.69. The molecule has 2 heterocycles. The molecule has 2 aromatic rings. The van der Waals surface area contributed by atoms with E-state index in [1.54, 1.807) is 27.9 Å². The summed E-state index contributed by atoms with van der Waals surface area (Å²) in [5.41, 5.74) is 3.40. The van der Waals surface area contributed by atoms with Gasteiger partial charge in [-0.15, -0.1) is 11.3 Å². The van der Waals surface area contributed by atoms with Crippen LogP contribution in [0.1, 0.15) is 47.2 Å². The Morgan fingerprint density at radius 3 is 2.85 bits per heavy atom. The first-order valence-corrected chi connectivity index (χ1v) is 7.62. The highest BCUT2D eigenvalue weighted by Gasteiger charge is 2.23. The first-order valence-electron chi connectivity index (χ1n) is 6.74. The number of amides is 1. The van der Waals surface area contributed by atoms with Gasteiger partial charge in [0.05, 0.1) is 23.3 Å². The standard InChI is InChI=1S/C14H20N4OS/c1-5-6-18-10(2)12(7-16-18)14(19)17(4)11(3)13-8-15-9-20-13/h7-9,11H,5-6H2,1-4H3/t11-/m0/s1. The van der Waals surface area contributed by atoms with Gasteiger partial charge < -0.3 is 4.90 Å². The molecule has 5 nitrogen and oxygen atoms in total. The van der Waals surface area contributed by atoms with Crippen LogP contribution in [0.25, 0.3) is 0 Å². The Balaban J connectivity index is 2.18. The van der Waals surface area contributed by atoms with Gasteiger partial charge >= 0.3 is 0 Å². The molecular weight excluding hydrogens is 272 g/mol. The van der Waals surface area contributed by atoms with Gasteiger partial charge in [-0.05, 0) is 20.3 Å². The molecule has 0 saturated carbocycles. The molecule has 0 aliphatic carbocycles. The molecule has 0 saturated heterocycles.